The van der Waals surface area contributed by atoms with Crippen molar-refractivity contribution >= 4 is 15.9 Å². The highest BCUT2D eigenvalue weighted by molar-refractivity contribution is 9.10. The Kier molecular flexibility index (Phi) is 6.83. The maximum absolute atomic E-state index is 14.3. The Labute approximate surface area is 189 Å². The van der Waals surface area contributed by atoms with Crippen LogP contribution in [-0.2, 0) is 21.7 Å². The highest BCUT2D eigenvalue weighted by Crippen LogP contribution is 2.38. The molecule has 0 N–H and O–H groups in total. The van der Waals surface area contributed by atoms with Crippen molar-refractivity contribution in [3.63, 3.8) is 0 Å². The molecule has 166 valence electrons. The van der Waals surface area contributed by atoms with Crippen LogP contribution in [-0.4, -0.2) is 19.9 Å². The Balaban J connectivity index is 2.31. The van der Waals surface area contributed by atoms with E-state index < -0.39 is 0 Å². The van der Waals surface area contributed by atoms with Crippen LogP contribution in [0.15, 0.2) is 16.9 Å². The molecule has 30 heavy (non-hydrogen) atoms. The quantitative estimate of drug-likeness (QED) is 0.473. The first kappa shape index (κ1) is 24.8. The van der Waals surface area contributed by atoms with Crippen LogP contribution in [0.3, 0.4) is 0 Å². The summed E-state index contributed by atoms with van der Waals surface area (Å²) in [6.45, 7) is 20.9. The van der Waals surface area contributed by atoms with Gasteiger partial charge in [-0.15, -0.1) is 0 Å². The van der Waals surface area contributed by atoms with Gasteiger partial charge in [-0.2, -0.15) is 0 Å². The van der Waals surface area contributed by atoms with Crippen LogP contribution >= 0.6 is 15.9 Å². The van der Waals surface area contributed by atoms with E-state index in [0.717, 1.165) is 28.8 Å². The summed E-state index contributed by atoms with van der Waals surface area (Å²) in [5.41, 5.74) is 0.521. The molecule has 2 aromatic heterocycles. The molecule has 0 saturated heterocycles. The number of hydrogen-bond donors (Lipinski definition) is 0. The van der Waals surface area contributed by atoms with E-state index in [1.54, 1.807) is 0 Å². The second-order valence-corrected chi connectivity index (χ2v) is 12.4. The molecule has 0 fully saturated rings. The maximum atomic E-state index is 14.3. The summed E-state index contributed by atoms with van der Waals surface area (Å²) < 4.78 is 15.2. The summed E-state index contributed by atoms with van der Waals surface area (Å²) in [7, 11) is 0. The molecule has 0 aliphatic heterocycles. The van der Waals surface area contributed by atoms with E-state index in [-0.39, 0.29) is 27.5 Å². The SMILES string of the molecule is CC(C)(C)c1ncc(Br)c(C(C)(C)CCC(C)(C)c2ncc(F)c(C(C)(C)C)n2)n1. The normalized spacial score (nSPS) is 13.6. The molecule has 0 radical (unpaired) electrons. The summed E-state index contributed by atoms with van der Waals surface area (Å²) in [4.78, 5) is 18.4. The topological polar surface area (TPSA) is 51.6 Å². The van der Waals surface area contributed by atoms with Crippen LogP contribution < -0.4 is 0 Å². The first-order valence-corrected chi connectivity index (χ1v) is 11.3. The van der Waals surface area contributed by atoms with Gasteiger partial charge in [0.2, 0.25) is 0 Å². The minimum absolute atomic E-state index is 0.115. The third kappa shape index (κ3) is 5.63. The zero-order chi connectivity index (χ0) is 23.1. The Bertz CT molecular complexity index is 908. The van der Waals surface area contributed by atoms with Crippen molar-refractivity contribution in [2.45, 2.75) is 104 Å². The number of rotatable bonds is 5. The molecule has 0 amide bonds. The van der Waals surface area contributed by atoms with E-state index >= 15 is 0 Å². The van der Waals surface area contributed by atoms with Gasteiger partial charge in [-0.3, -0.25) is 0 Å². The van der Waals surface area contributed by atoms with Gasteiger partial charge in [0.1, 0.15) is 11.6 Å². The average molecular weight is 479 g/mol. The fourth-order valence-electron chi connectivity index (χ4n) is 3.28. The lowest BCUT2D eigenvalue weighted by molar-refractivity contribution is 0.349. The Morgan fingerprint density at radius 1 is 0.700 bits per heavy atom. The highest BCUT2D eigenvalue weighted by atomic mass is 79.9. The molecule has 0 aliphatic carbocycles. The van der Waals surface area contributed by atoms with Gasteiger partial charge in [0.05, 0.1) is 22.1 Å². The Morgan fingerprint density at radius 3 is 1.73 bits per heavy atom. The summed E-state index contributed by atoms with van der Waals surface area (Å²) in [5, 5.41) is 0. The van der Waals surface area contributed by atoms with E-state index in [4.69, 9.17) is 4.98 Å². The predicted molar refractivity (Wildman–Crippen MR) is 124 cm³/mol. The lowest BCUT2D eigenvalue weighted by Gasteiger charge is -2.32. The fraction of sp³-hybridized carbons (Fsp3) is 0.667. The third-order valence-corrected chi connectivity index (χ3v) is 6.07. The zero-order valence-corrected chi connectivity index (χ0v) is 21.7. The van der Waals surface area contributed by atoms with Crippen molar-refractivity contribution in [1.29, 1.82) is 0 Å². The minimum atomic E-state index is -0.369. The summed E-state index contributed by atoms with van der Waals surface area (Å²) in [5.74, 6) is 1.17. The van der Waals surface area contributed by atoms with Gasteiger partial charge in [0, 0.05) is 27.9 Å². The molecule has 2 aromatic rings. The molecule has 0 aromatic carbocycles. The largest absolute Gasteiger partial charge is 0.240 e. The molecule has 2 heterocycles. The molecule has 4 nitrogen and oxygen atoms in total. The molecule has 0 spiro atoms. The first-order valence-electron chi connectivity index (χ1n) is 10.5. The molecule has 2 rings (SSSR count). The maximum Gasteiger partial charge on any atom is 0.163 e. The summed E-state index contributed by atoms with van der Waals surface area (Å²) in [6.07, 6.45) is 4.89. The molecule has 0 saturated carbocycles. The van der Waals surface area contributed by atoms with Gasteiger partial charge in [0.25, 0.3) is 0 Å². The van der Waals surface area contributed by atoms with Gasteiger partial charge in [0.15, 0.2) is 5.82 Å². The van der Waals surface area contributed by atoms with Crippen LogP contribution in [0.2, 0.25) is 0 Å². The molecule has 0 aliphatic rings. The molecule has 0 atom stereocenters. The van der Waals surface area contributed by atoms with Crippen molar-refractivity contribution in [2.75, 3.05) is 0 Å². The number of aromatic nitrogens is 4. The third-order valence-electron chi connectivity index (χ3n) is 5.49. The second-order valence-electron chi connectivity index (χ2n) is 11.5. The standard InChI is InChI=1S/C24H36BrFN4/c1-21(2,3)18-16(26)14-28-20(30-18)24(9,10)12-11-23(7,8)17-15(25)13-27-19(29-17)22(4,5)6/h13-14H,11-12H2,1-10H3. The zero-order valence-electron chi connectivity index (χ0n) is 20.1. The van der Waals surface area contributed by atoms with Crippen molar-refractivity contribution in [2.24, 2.45) is 0 Å². The Hall–Kier alpha value is -1.43. The lowest BCUT2D eigenvalue weighted by Crippen LogP contribution is -2.29. The second kappa shape index (κ2) is 8.25. The number of halogens is 2. The average Bonchev–Trinajstić information content (AvgIpc) is 2.58. The number of nitrogens with zero attached hydrogens (tertiary/aromatic N) is 4. The van der Waals surface area contributed by atoms with E-state index in [9.17, 15) is 4.39 Å². The summed E-state index contributed by atoms with van der Waals surface area (Å²) in [6, 6.07) is 0. The van der Waals surface area contributed by atoms with Crippen molar-refractivity contribution in [1.82, 2.24) is 19.9 Å². The van der Waals surface area contributed by atoms with Crippen LogP contribution in [0.25, 0.3) is 0 Å². The molecule has 6 heteroatoms. The van der Waals surface area contributed by atoms with Crippen LogP contribution in [0, 0.1) is 5.82 Å². The first-order chi connectivity index (χ1) is 13.4. The van der Waals surface area contributed by atoms with Gasteiger partial charge in [-0.1, -0.05) is 69.2 Å². The van der Waals surface area contributed by atoms with Gasteiger partial charge >= 0.3 is 0 Å². The lowest BCUT2D eigenvalue weighted by atomic mass is 9.76. The molecule has 0 bridgehead atoms. The van der Waals surface area contributed by atoms with Crippen LogP contribution in [0.1, 0.15) is 105 Å². The molecular formula is C24H36BrFN4. The molecular weight excluding hydrogens is 443 g/mol. The van der Waals surface area contributed by atoms with Crippen molar-refractivity contribution in [3.8, 4) is 0 Å². The van der Waals surface area contributed by atoms with E-state index in [1.807, 2.05) is 27.0 Å². The van der Waals surface area contributed by atoms with E-state index in [1.165, 1.54) is 6.20 Å². The monoisotopic (exact) mass is 478 g/mol. The number of hydrogen-bond acceptors (Lipinski definition) is 4. The van der Waals surface area contributed by atoms with Gasteiger partial charge in [-0.25, -0.2) is 24.3 Å². The van der Waals surface area contributed by atoms with Crippen LogP contribution in [0.4, 0.5) is 4.39 Å². The van der Waals surface area contributed by atoms with Gasteiger partial charge in [-0.05, 0) is 28.8 Å². The van der Waals surface area contributed by atoms with Crippen molar-refractivity contribution in [3.05, 3.63) is 45.7 Å². The van der Waals surface area contributed by atoms with Crippen LogP contribution in [0.5, 0.6) is 0 Å². The summed E-state index contributed by atoms with van der Waals surface area (Å²) >= 11 is 3.65. The highest BCUT2D eigenvalue weighted by Gasteiger charge is 2.33. The fourth-order valence-corrected chi connectivity index (χ4v) is 4.01. The van der Waals surface area contributed by atoms with Crippen molar-refractivity contribution < 1.29 is 4.39 Å². The molecule has 0 unspecified atom stereocenters. The van der Waals surface area contributed by atoms with E-state index in [2.05, 4.69) is 79.3 Å². The van der Waals surface area contributed by atoms with Gasteiger partial charge < -0.3 is 0 Å². The minimum Gasteiger partial charge on any atom is -0.240 e. The Morgan fingerprint density at radius 2 is 1.20 bits per heavy atom. The van der Waals surface area contributed by atoms with E-state index in [0.29, 0.717) is 11.5 Å². The predicted octanol–water partition coefficient (Wildman–Crippen LogP) is 6.80. The smallest absolute Gasteiger partial charge is 0.163 e.